The lowest BCUT2D eigenvalue weighted by Gasteiger charge is -2.14. The summed E-state index contributed by atoms with van der Waals surface area (Å²) < 4.78 is 15.7. The van der Waals surface area contributed by atoms with Crippen molar-refractivity contribution in [2.24, 2.45) is 0 Å². The molecule has 2 rings (SSSR count). The molecule has 0 saturated heterocycles. The quantitative estimate of drug-likeness (QED) is 0.846. The van der Waals surface area contributed by atoms with Crippen LogP contribution in [0.25, 0.3) is 0 Å². The number of methoxy groups -OCH3 is 3. The summed E-state index contributed by atoms with van der Waals surface area (Å²) in [5.41, 5.74) is 0.674. The second-order valence-electron chi connectivity index (χ2n) is 4.63. The van der Waals surface area contributed by atoms with Crippen molar-refractivity contribution in [2.75, 3.05) is 26.6 Å². The molecular formula is C16H18N2O5. The van der Waals surface area contributed by atoms with Gasteiger partial charge in [-0.05, 0) is 29.8 Å². The number of carbonyl (C=O) groups is 1. The monoisotopic (exact) mass is 318 g/mol. The Kier molecular flexibility index (Phi) is 5.24. The minimum absolute atomic E-state index is 0.0622. The molecule has 0 bridgehead atoms. The van der Waals surface area contributed by atoms with Crippen molar-refractivity contribution in [1.82, 2.24) is 4.98 Å². The van der Waals surface area contributed by atoms with Gasteiger partial charge in [0.2, 0.25) is 11.7 Å². The van der Waals surface area contributed by atoms with Gasteiger partial charge in [-0.15, -0.1) is 0 Å². The second kappa shape index (κ2) is 7.35. The van der Waals surface area contributed by atoms with Gasteiger partial charge in [0.1, 0.15) is 0 Å². The van der Waals surface area contributed by atoms with Crippen LogP contribution in [0.5, 0.6) is 23.0 Å². The molecule has 0 spiro atoms. The van der Waals surface area contributed by atoms with E-state index < -0.39 is 0 Å². The number of hydrogen-bond donors (Lipinski definition) is 2. The fraction of sp³-hybridized carbons (Fsp3) is 0.250. The standard InChI is InChI=1S/C16H18N2O5/c1-21-12-7-10(8-13(22-2)15(12)23-3)9-14(20)18-16-11(19)5-4-6-17-16/h4-8,19H,9H2,1-3H3,(H,17,18,20). The first-order chi connectivity index (χ1) is 11.1. The molecule has 7 nitrogen and oxygen atoms in total. The van der Waals surface area contributed by atoms with Crippen LogP contribution in [-0.4, -0.2) is 37.3 Å². The number of benzene rings is 1. The summed E-state index contributed by atoms with van der Waals surface area (Å²) in [5.74, 6) is 1.09. The Balaban J connectivity index is 2.19. The summed E-state index contributed by atoms with van der Waals surface area (Å²) in [5, 5.41) is 12.2. The highest BCUT2D eigenvalue weighted by Crippen LogP contribution is 2.38. The Morgan fingerprint density at radius 2 is 1.83 bits per heavy atom. The van der Waals surface area contributed by atoms with Crippen molar-refractivity contribution in [3.8, 4) is 23.0 Å². The number of aromatic hydroxyl groups is 1. The maximum Gasteiger partial charge on any atom is 0.230 e. The van der Waals surface area contributed by atoms with Gasteiger partial charge >= 0.3 is 0 Å². The van der Waals surface area contributed by atoms with Crippen LogP contribution >= 0.6 is 0 Å². The third kappa shape index (κ3) is 3.82. The van der Waals surface area contributed by atoms with E-state index in [0.717, 1.165) is 0 Å². The SMILES string of the molecule is COc1cc(CC(=O)Nc2ncccc2O)cc(OC)c1OC. The Hall–Kier alpha value is -2.96. The zero-order valence-electron chi connectivity index (χ0n) is 13.1. The molecule has 0 fully saturated rings. The average Bonchev–Trinajstić information content (AvgIpc) is 2.55. The van der Waals surface area contributed by atoms with Crippen molar-refractivity contribution in [3.05, 3.63) is 36.0 Å². The van der Waals surface area contributed by atoms with Gasteiger partial charge in [0.25, 0.3) is 0 Å². The first kappa shape index (κ1) is 16.4. The number of amides is 1. The number of nitrogens with one attached hydrogen (secondary N) is 1. The van der Waals surface area contributed by atoms with E-state index in [1.807, 2.05) is 0 Å². The summed E-state index contributed by atoms with van der Waals surface area (Å²) in [6.07, 6.45) is 1.54. The van der Waals surface area contributed by atoms with Gasteiger partial charge in [-0.1, -0.05) is 0 Å². The highest BCUT2D eigenvalue weighted by Gasteiger charge is 2.15. The number of anilines is 1. The number of pyridine rings is 1. The zero-order chi connectivity index (χ0) is 16.8. The molecule has 0 aliphatic carbocycles. The second-order valence-corrected chi connectivity index (χ2v) is 4.63. The number of hydrogen-bond acceptors (Lipinski definition) is 6. The fourth-order valence-electron chi connectivity index (χ4n) is 2.09. The molecule has 7 heteroatoms. The summed E-state index contributed by atoms with van der Waals surface area (Å²) in [6, 6.07) is 6.41. The first-order valence-electron chi connectivity index (χ1n) is 6.81. The van der Waals surface area contributed by atoms with Gasteiger partial charge in [0.15, 0.2) is 23.1 Å². The van der Waals surface area contributed by atoms with Crippen molar-refractivity contribution in [2.45, 2.75) is 6.42 Å². The minimum atomic E-state index is -0.326. The van der Waals surface area contributed by atoms with Crippen LogP contribution in [0, 0.1) is 0 Å². The van der Waals surface area contributed by atoms with E-state index in [-0.39, 0.29) is 23.9 Å². The molecule has 1 aromatic carbocycles. The number of carbonyl (C=O) groups excluding carboxylic acids is 1. The molecule has 0 atom stereocenters. The van der Waals surface area contributed by atoms with E-state index >= 15 is 0 Å². The summed E-state index contributed by atoms with van der Waals surface area (Å²) in [6.45, 7) is 0. The van der Waals surface area contributed by atoms with Gasteiger partial charge in [-0.2, -0.15) is 0 Å². The van der Waals surface area contributed by atoms with Gasteiger partial charge in [0, 0.05) is 6.20 Å². The molecule has 1 aromatic heterocycles. The molecule has 0 unspecified atom stereocenters. The zero-order valence-corrected chi connectivity index (χ0v) is 13.1. The summed E-state index contributed by atoms with van der Waals surface area (Å²) >= 11 is 0. The van der Waals surface area contributed by atoms with Gasteiger partial charge in [-0.3, -0.25) is 4.79 Å². The van der Waals surface area contributed by atoms with Crippen LogP contribution in [0.4, 0.5) is 5.82 Å². The minimum Gasteiger partial charge on any atom is -0.504 e. The molecule has 23 heavy (non-hydrogen) atoms. The van der Waals surface area contributed by atoms with Crippen LogP contribution in [0.1, 0.15) is 5.56 Å². The highest BCUT2D eigenvalue weighted by molar-refractivity contribution is 5.92. The van der Waals surface area contributed by atoms with Crippen molar-refractivity contribution in [1.29, 1.82) is 0 Å². The predicted octanol–water partition coefficient (Wildman–Crippen LogP) is 1.99. The van der Waals surface area contributed by atoms with Crippen LogP contribution in [0.2, 0.25) is 0 Å². The maximum atomic E-state index is 12.1. The Labute approximate surface area is 133 Å². The van der Waals surface area contributed by atoms with Gasteiger partial charge in [0.05, 0.1) is 27.8 Å². The molecule has 0 aliphatic rings. The van der Waals surface area contributed by atoms with Crippen LogP contribution in [-0.2, 0) is 11.2 Å². The molecule has 0 aliphatic heterocycles. The summed E-state index contributed by atoms with van der Waals surface area (Å²) in [7, 11) is 4.52. The lowest BCUT2D eigenvalue weighted by molar-refractivity contribution is -0.115. The normalized spacial score (nSPS) is 10.0. The third-order valence-electron chi connectivity index (χ3n) is 3.13. The van der Waals surface area contributed by atoms with Crippen molar-refractivity contribution < 1.29 is 24.1 Å². The number of aromatic nitrogens is 1. The molecule has 1 heterocycles. The number of ether oxygens (including phenoxy) is 3. The first-order valence-corrected chi connectivity index (χ1v) is 6.81. The molecule has 2 N–H and O–H groups in total. The third-order valence-corrected chi connectivity index (χ3v) is 3.13. The smallest absolute Gasteiger partial charge is 0.230 e. The molecular weight excluding hydrogens is 300 g/mol. The van der Waals surface area contributed by atoms with E-state index in [9.17, 15) is 9.90 Å². The molecule has 1 amide bonds. The van der Waals surface area contributed by atoms with E-state index in [2.05, 4.69) is 10.3 Å². The average molecular weight is 318 g/mol. The molecule has 0 saturated carbocycles. The van der Waals surface area contributed by atoms with Crippen LogP contribution < -0.4 is 19.5 Å². The lowest BCUT2D eigenvalue weighted by atomic mass is 10.1. The Bertz CT molecular complexity index is 678. The largest absolute Gasteiger partial charge is 0.504 e. The fourth-order valence-corrected chi connectivity index (χ4v) is 2.09. The Morgan fingerprint density at radius 3 is 2.35 bits per heavy atom. The highest BCUT2D eigenvalue weighted by atomic mass is 16.5. The van der Waals surface area contributed by atoms with E-state index in [1.54, 1.807) is 18.2 Å². The van der Waals surface area contributed by atoms with E-state index in [4.69, 9.17) is 14.2 Å². The van der Waals surface area contributed by atoms with Crippen molar-refractivity contribution >= 4 is 11.7 Å². The predicted molar refractivity (Wildman–Crippen MR) is 84.3 cm³/mol. The number of rotatable bonds is 6. The molecule has 0 radical (unpaired) electrons. The summed E-state index contributed by atoms with van der Waals surface area (Å²) in [4.78, 5) is 16.0. The Morgan fingerprint density at radius 1 is 1.17 bits per heavy atom. The van der Waals surface area contributed by atoms with Gasteiger partial charge in [-0.25, -0.2) is 4.98 Å². The molecule has 2 aromatic rings. The van der Waals surface area contributed by atoms with Crippen molar-refractivity contribution in [3.63, 3.8) is 0 Å². The lowest BCUT2D eigenvalue weighted by Crippen LogP contribution is -2.15. The molecule has 122 valence electrons. The maximum absolute atomic E-state index is 12.1. The topological polar surface area (TPSA) is 89.9 Å². The number of nitrogens with zero attached hydrogens (tertiary/aromatic N) is 1. The van der Waals surface area contributed by atoms with Gasteiger partial charge < -0.3 is 24.6 Å². The van der Waals surface area contributed by atoms with Crippen LogP contribution in [0.15, 0.2) is 30.5 Å². The van der Waals surface area contributed by atoms with Crippen LogP contribution in [0.3, 0.4) is 0 Å². The van der Waals surface area contributed by atoms with E-state index in [1.165, 1.54) is 33.6 Å². The van der Waals surface area contributed by atoms with E-state index in [0.29, 0.717) is 22.8 Å².